The van der Waals surface area contributed by atoms with Crippen molar-refractivity contribution in [3.05, 3.63) is 292 Å². The van der Waals surface area contributed by atoms with Crippen LogP contribution in [0.4, 0.5) is 0 Å². The quantitative estimate of drug-likeness (QED) is 0.0373. The van der Waals surface area contributed by atoms with Gasteiger partial charge in [-0.1, -0.05) is 264 Å². The fraction of sp³-hybridized carbons (Fsp3) is 0.290. The first-order chi connectivity index (χ1) is 50.7. The molecule has 0 spiro atoms. The summed E-state index contributed by atoms with van der Waals surface area (Å²) in [5.41, 5.74) is 16.7. The molecule has 0 aliphatic carbocycles. The third kappa shape index (κ3) is 30.8. The zero-order valence-electron chi connectivity index (χ0n) is 63.7. The Balaban J connectivity index is 0.000000283. The Morgan fingerprint density at radius 3 is 0.731 bits per heavy atom. The molecule has 12 aromatic rings. The van der Waals surface area contributed by atoms with Crippen LogP contribution in [-0.2, 0) is 60.3 Å². The summed E-state index contributed by atoms with van der Waals surface area (Å²) in [4.78, 5) is 28.8. The second kappa shape index (κ2) is 49.2. The molecule has 0 aliphatic rings. The third-order valence-corrected chi connectivity index (χ3v) is 17.3. The minimum Gasteiger partial charge on any atom is -0.393 e. The van der Waals surface area contributed by atoms with Crippen LogP contribution < -0.4 is 0 Å². The summed E-state index contributed by atoms with van der Waals surface area (Å²) in [5, 5.41) is 56.1. The third-order valence-electron chi connectivity index (χ3n) is 17.3. The molecule has 12 nitrogen and oxygen atoms in total. The van der Waals surface area contributed by atoms with Gasteiger partial charge in [-0.15, -0.1) is 108 Å². The minimum absolute atomic E-state index is 0. The van der Waals surface area contributed by atoms with E-state index in [9.17, 15) is 20.4 Å². The summed E-state index contributed by atoms with van der Waals surface area (Å²) in [5.74, 6) is 0. The Labute approximate surface area is 682 Å². The monoisotopic (exact) mass is 1980 g/mol. The number of aliphatic hydroxyl groups is 6. The smallest absolute Gasteiger partial charge is 0.0873 e. The van der Waals surface area contributed by atoms with Crippen molar-refractivity contribution < 1.29 is 91.0 Å². The Morgan fingerprint density at radius 1 is 0.287 bits per heavy atom. The van der Waals surface area contributed by atoms with Crippen molar-refractivity contribution in [3.8, 4) is 101 Å². The van der Waals surface area contributed by atoms with E-state index in [2.05, 4.69) is 54.6 Å². The van der Waals surface area contributed by atoms with Crippen molar-refractivity contribution in [1.82, 2.24) is 29.9 Å². The molecule has 0 amide bonds. The van der Waals surface area contributed by atoms with Crippen LogP contribution >= 0.6 is 0 Å². The zero-order chi connectivity index (χ0) is 75.4. The molecule has 6 unspecified atom stereocenters. The standard InChI is InChI=1S/3C22H15N2.C11H24O2.C9H20O2.C7H16O2.3Ir/c3*1-4-10-17(11-5-1)20-16-23-21(18-12-6-2-7-13-18)22(24-20)19-14-8-3-9-15-19;1-10(2,3)8(12)7-9(13)11(4,5)6;1-3-5-8(10)7-9(11)6-4-2;1-3-6(8)5-7(9)4-2;;;/h3*1-12,14-16H;8-9,12-13H,7H2,1-6H3;8-11H,3-7H2,1-2H3;6-9H,3-5H2,1-2H3;;;/q3*-1;;;;;;. The predicted molar refractivity (Wildman–Crippen MR) is 431 cm³/mol. The number of aromatic nitrogens is 6. The average Bonchev–Trinajstić information content (AvgIpc) is 0.809. The topological polar surface area (TPSA) is 199 Å². The zero-order valence-corrected chi connectivity index (χ0v) is 70.9. The van der Waals surface area contributed by atoms with E-state index >= 15 is 0 Å². The molecular formula is C93H105Ir3N6O6-3. The van der Waals surface area contributed by atoms with Gasteiger partial charge in [-0.25, -0.2) is 0 Å². The number of nitrogens with zero attached hydrogens (tertiary/aromatic N) is 6. The summed E-state index contributed by atoms with van der Waals surface area (Å²) >= 11 is 0. The summed E-state index contributed by atoms with van der Waals surface area (Å²) in [7, 11) is 0. The number of aliphatic hydroxyl groups excluding tert-OH is 6. The van der Waals surface area contributed by atoms with Crippen molar-refractivity contribution in [2.45, 2.75) is 164 Å². The maximum atomic E-state index is 9.76. The van der Waals surface area contributed by atoms with E-state index in [1.54, 1.807) is 0 Å². The Kier molecular flexibility index (Phi) is 42.0. The Bertz CT molecular complexity index is 3920. The minimum atomic E-state index is -0.443. The SMILES string of the molecule is CC(C)(C)C(O)CC(O)C(C)(C)C.CCC(O)CC(O)CC.CCCC(O)CC(O)CCC.[Ir].[Ir].[Ir].[c-]1ccccc1-c1ncc(-c2ccccc2)nc1-c1ccccc1.[c-]1ccccc1-c1ncc(-c2ccccc2)nc1-c1ccccc1.[c-]1ccccc1-c1ncc(-c2ccccc2)nc1-c1ccccc1. The maximum absolute atomic E-state index is 9.76. The van der Waals surface area contributed by atoms with Crippen LogP contribution in [0.3, 0.4) is 0 Å². The van der Waals surface area contributed by atoms with E-state index in [-0.39, 0.29) is 95.6 Å². The van der Waals surface area contributed by atoms with Crippen LogP contribution in [0.2, 0.25) is 0 Å². The molecular weight excluding hydrogens is 1870 g/mol. The maximum Gasteiger partial charge on any atom is 0.0873 e. The van der Waals surface area contributed by atoms with E-state index in [0.717, 1.165) is 140 Å². The first-order valence-corrected chi connectivity index (χ1v) is 36.6. The number of benzene rings is 9. The van der Waals surface area contributed by atoms with Crippen molar-refractivity contribution in [3.63, 3.8) is 0 Å². The van der Waals surface area contributed by atoms with E-state index in [4.69, 9.17) is 40.1 Å². The van der Waals surface area contributed by atoms with Gasteiger partial charge in [0.25, 0.3) is 0 Å². The van der Waals surface area contributed by atoms with Crippen LogP contribution in [0.15, 0.2) is 273 Å². The predicted octanol–water partition coefficient (Wildman–Crippen LogP) is 20.6. The second-order valence-electron chi connectivity index (χ2n) is 27.9. The van der Waals surface area contributed by atoms with Crippen LogP contribution in [0.1, 0.15) is 127 Å². The van der Waals surface area contributed by atoms with Crippen LogP contribution in [0.5, 0.6) is 0 Å². The van der Waals surface area contributed by atoms with Gasteiger partial charge in [-0.05, 0) is 66.0 Å². The summed E-state index contributed by atoms with van der Waals surface area (Å²) in [6.07, 6.45) is 9.93. The van der Waals surface area contributed by atoms with E-state index < -0.39 is 12.2 Å². The molecule has 3 radical (unpaired) electrons. The summed E-state index contributed by atoms with van der Waals surface area (Å²) in [6.45, 7) is 19.8. The Morgan fingerprint density at radius 2 is 0.519 bits per heavy atom. The largest absolute Gasteiger partial charge is 0.393 e. The number of hydrogen-bond donors (Lipinski definition) is 6. The van der Waals surface area contributed by atoms with Gasteiger partial charge in [0.15, 0.2) is 0 Å². The normalized spacial score (nSPS) is 12.3. The average molecular weight is 1980 g/mol. The molecule has 573 valence electrons. The fourth-order valence-corrected chi connectivity index (χ4v) is 10.8. The van der Waals surface area contributed by atoms with Crippen molar-refractivity contribution in [2.24, 2.45) is 10.8 Å². The number of hydrogen-bond acceptors (Lipinski definition) is 12. The van der Waals surface area contributed by atoms with Gasteiger partial charge in [0.05, 0.1) is 70.8 Å². The van der Waals surface area contributed by atoms with Crippen molar-refractivity contribution >= 4 is 0 Å². The molecule has 0 saturated heterocycles. The second-order valence-corrected chi connectivity index (χ2v) is 27.9. The van der Waals surface area contributed by atoms with E-state index in [1.165, 1.54) is 0 Å². The van der Waals surface area contributed by atoms with Crippen LogP contribution in [-0.4, -0.2) is 97.2 Å². The summed E-state index contributed by atoms with van der Waals surface area (Å²) in [6, 6.07) is 94.2. The first kappa shape index (κ1) is 92.3. The first-order valence-electron chi connectivity index (χ1n) is 36.6. The van der Waals surface area contributed by atoms with Gasteiger partial charge >= 0.3 is 0 Å². The van der Waals surface area contributed by atoms with Gasteiger partial charge < -0.3 is 45.6 Å². The van der Waals surface area contributed by atoms with Crippen molar-refractivity contribution in [1.29, 1.82) is 0 Å². The molecule has 0 saturated carbocycles. The molecule has 12 rings (SSSR count). The molecule has 3 aromatic heterocycles. The molecule has 9 aromatic carbocycles. The molecule has 0 fully saturated rings. The molecule has 6 N–H and O–H groups in total. The van der Waals surface area contributed by atoms with E-state index in [0.29, 0.717) is 19.3 Å². The molecule has 6 atom stereocenters. The fourth-order valence-electron chi connectivity index (χ4n) is 10.8. The van der Waals surface area contributed by atoms with Crippen LogP contribution in [0, 0.1) is 29.0 Å². The van der Waals surface area contributed by atoms with Gasteiger partial charge in [0.1, 0.15) is 0 Å². The van der Waals surface area contributed by atoms with Gasteiger partial charge in [-0.2, -0.15) is 0 Å². The molecule has 3 heterocycles. The molecule has 15 heteroatoms. The Hall–Kier alpha value is -8.07. The van der Waals surface area contributed by atoms with Crippen molar-refractivity contribution in [2.75, 3.05) is 0 Å². The summed E-state index contributed by atoms with van der Waals surface area (Å²) < 4.78 is 0. The number of rotatable bonds is 21. The van der Waals surface area contributed by atoms with Gasteiger partial charge in [0.2, 0.25) is 0 Å². The molecule has 108 heavy (non-hydrogen) atoms. The molecule has 0 aliphatic heterocycles. The van der Waals surface area contributed by atoms with E-state index in [1.807, 2.05) is 306 Å². The van der Waals surface area contributed by atoms with Gasteiger partial charge in [0, 0.05) is 119 Å². The van der Waals surface area contributed by atoms with Crippen LogP contribution in [0.25, 0.3) is 101 Å². The molecule has 0 bridgehead atoms. The van der Waals surface area contributed by atoms with Gasteiger partial charge in [-0.3, -0.25) is 15.0 Å².